The van der Waals surface area contributed by atoms with E-state index in [9.17, 15) is 4.57 Å². The van der Waals surface area contributed by atoms with Gasteiger partial charge in [0.2, 0.25) is 5.88 Å². The van der Waals surface area contributed by atoms with Crippen molar-refractivity contribution in [2.45, 2.75) is 0 Å². The smallest absolute Gasteiger partial charge is 0.386 e. The van der Waals surface area contributed by atoms with Gasteiger partial charge in [0, 0.05) is 27.7 Å². The number of aromatic nitrogens is 1. The fourth-order valence-corrected chi connectivity index (χ4v) is 2.45. The fraction of sp³-hybridized carbons (Fsp3) is 0. The van der Waals surface area contributed by atoms with E-state index in [0.717, 1.165) is 8.56 Å². The van der Waals surface area contributed by atoms with Gasteiger partial charge in [-0.3, -0.25) is 9.79 Å². The lowest BCUT2D eigenvalue weighted by atomic mass is 10.2. The summed E-state index contributed by atoms with van der Waals surface area (Å²) < 4.78 is 17.0. The Bertz CT molecular complexity index is 593. The van der Waals surface area contributed by atoms with Crippen LogP contribution in [0.25, 0.3) is 10.9 Å². The highest BCUT2D eigenvalue weighted by Gasteiger charge is 2.20. The SMILES string of the molecule is O=P(O)(O)Oc1cc2c(Br)cccc2n1Cl. The van der Waals surface area contributed by atoms with Gasteiger partial charge < -0.3 is 4.52 Å². The van der Waals surface area contributed by atoms with Crippen molar-refractivity contribution in [3.05, 3.63) is 28.7 Å². The minimum absolute atomic E-state index is 0.100. The number of nitrogens with zero attached hydrogens (tertiary/aromatic N) is 1. The summed E-state index contributed by atoms with van der Waals surface area (Å²) in [7, 11) is -4.61. The molecule has 0 saturated heterocycles. The van der Waals surface area contributed by atoms with Crippen LogP contribution in [-0.4, -0.2) is 13.9 Å². The van der Waals surface area contributed by atoms with Gasteiger partial charge in [0.05, 0.1) is 5.52 Å². The van der Waals surface area contributed by atoms with Crippen LogP contribution in [0.3, 0.4) is 0 Å². The number of benzene rings is 1. The largest absolute Gasteiger partial charge is 0.526 e. The molecule has 1 aromatic heterocycles. The lowest BCUT2D eigenvalue weighted by Crippen LogP contribution is -1.92. The topological polar surface area (TPSA) is 71.7 Å². The first kappa shape index (κ1) is 12.0. The Labute approximate surface area is 104 Å². The average molecular weight is 326 g/mol. The Hall–Kier alpha value is -0.520. The van der Waals surface area contributed by atoms with Gasteiger partial charge in [-0.15, -0.1) is 0 Å². The third kappa shape index (κ3) is 2.26. The second kappa shape index (κ2) is 4.05. The Balaban J connectivity index is 2.61. The number of phosphoric ester groups is 1. The Morgan fingerprint density at radius 3 is 2.69 bits per heavy atom. The van der Waals surface area contributed by atoms with E-state index < -0.39 is 7.82 Å². The second-order valence-corrected chi connectivity index (χ2v) is 5.37. The van der Waals surface area contributed by atoms with E-state index in [2.05, 4.69) is 20.5 Å². The molecule has 8 heteroatoms. The molecule has 0 atom stereocenters. The quantitative estimate of drug-likeness (QED) is 0.833. The summed E-state index contributed by atoms with van der Waals surface area (Å²) in [5.41, 5.74) is 0.597. The number of fused-ring (bicyclic) bond motifs is 1. The highest BCUT2D eigenvalue weighted by molar-refractivity contribution is 9.10. The normalized spacial score (nSPS) is 12.0. The van der Waals surface area contributed by atoms with Gasteiger partial charge in [-0.05, 0) is 12.1 Å². The summed E-state index contributed by atoms with van der Waals surface area (Å²) in [5, 5.41) is 0.709. The lowest BCUT2D eigenvalue weighted by Gasteiger charge is -2.05. The predicted molar refractivity (Wildman–Crippen MR) is 63.6 cm³/mol. The number of hydrogen-bond donors (Lipinski definition) is 2. The molecule has 5 nitrogen and oxygen atoms in total. The van der Waals surface area contributed by atoms with Crippen molar-refractivity contribution in [2.24, 2.45) is 0 Å². The molecule has 0 spiro atoms. The van der Waals surface area contributed by atoms with Crippen molar-refractivity contribution in [3.63, 3.8) is 0 Å². The number of phosphoric acid groups is 1. The maximum Gasteiger partial charge on any atom is 0.526 e. The van der Waals surface area contributed by atoms with Gasteiger partial charge in [0.15, 0.2) is 0 Å². The van der Waals surface area contributed by atoms with Crippen LogP contribution in [0.5, 0.6) is 5.88 Å². The number of halogens is 2. The van der Waals surface area contributed by atoms with Crippen LogP contribution >= 0.6 is 35.5 Å². The highest BCUT2D eigenvalue weighted by Crippen LogP contribution is 2.41. The third-order valence-electron chi connectivity index (χ3n) is 1.92. The van der Waals surface area contributed by atoms with E-state index in [1.807, 2.05) is 0 Å². The van der Waals surface area contributed by atoms with Crippen molar-refractivity contribution in [1.82, 2.24) is 4.09 Å². The molecule has 86 valence electrons. The Kier molecular flexibility index (Phi) is 3.03. The van der Waals surface area contributed by atoms with Crippen LogP contribution in [0.15, 0.2) is 28.7 Å². The Morgan fingerprint density at radius 1 is 1.44 bits per heavy atom. The van der Waals surface area contributed by atoms with E-state index in [0.29, 0.717) is 10.9 Å². The standard InChI is InChI=1S/C8H6BrClNO4P/c9-6-2-1-3-7-5(6)4-8(11(7)10)15-16(12,13)14/h1-4H,(H2,12,13,14). The molecule has 16 heavy (non-hydrogen) atoms. The van der Waals surface area contributed by atoms with E-state index in [4.69, 9.17) is 21.6 Å². The molecule has 0 amide bonds. The van der Waals surface area contributed by atoms with Crippen molar-refractivity contribution >= 4 is 46.4 Å². The monoisotopic (exact) mass is 325 g/mol. The van der Waals surface area contributed by atoms with Gasteiger partial charge in [0.1, 0.15) is 0 Å². The zero-order valence-electron chi connectivity index (χ0n) is 7.67. The summed E-state index contributed by atoms with van der Waals surface area (Å²) in [4.78, 5) is 17.4. The fourth-order valence-electron chi connectivity index (χ4n) is 1.32. The van der Waals surface area contributed by atoms with Crippen LogP contribution < -0.4 is 4.52 Å². The summed E-state index contributed by atoms with van der Waals surface area (Å²) in [6, 6.07) is 6.71. The first-order valence-electron chi connectivity index (χ1n) is 4.10. The average Bonchev–Trinajstić information content (AvgIpc) is 2.44. The lowest BCUT2D eigenvalue weighted by molar-refractivity contribution is 0.279. The molecule has 2 aromatic rings. The van der Waals surface area contributed by atoms with Crippen LogP contribution in [0.2, 0.25) is 0 Å². The molecule has 0 aliphatic rings. The van der Waals surface area contributed by atoms with Crippen LogP contribution in [0.1, 0.15) is 0 Å². The minimum Gasteiger partial charge on any atom is -0.386 e. The predicted octanol–water partition coefficient (Wildman–Crippen LogP) is 2.88. The molecule has 0 saturated carbocycles. The summed E-state index contributed by atoms with van der Waals surface area (Å²) in [5.74, 6) is -0.100. The molecule has 0 aliphatic heterocycles. The van der Waals surface area contributed by atoms with Crippen molar-refractivity contribution < 1.29 is 18.9 Å². The van der Waals surface area contributed by atoms with Gasteiger partial charge in [-0.25, -0.2) is 8.65 Å². The molecule has 0 unspecified atom stereocenters. The number of rotatable bonds is 2. The third-order valence-corrected chi connectivity index (χ3v) is 3.38. The van der Waals surface area contributed by atoms with Gasteiger partial charge in [0.25, 0.3) is 0 Å². The second-order valence-electron chi connectivity index (χ2n) is 3.02. The highest BCUT2D eigenvalue weighted by atomic mass is 79.9. The zero-order chi connectivity index (χ0) is 11.9. The van der Waals surface area contributed by atoms with Crippen LogP contribution in [0, 0.1) is 0 Å². The van der Waals surface area contributed by atoms with E-state index >= 15 is 0 Å². The van der Waals surface area contributed by atoms with Crippen molar-refractivity contribution in [1.29, 1.82) is 0 Å². The maximum atomic E-state index is 10.7. The van der Waals surface area contributed by atoms with Crippen molar-refractivity contribution in [3.8, 4) is 5.88 Å². The van der Waals surface area contributed by atoms with Gasteiger partial charge in [-0.1, -0.05) is 22.0 Å². The molecule has 0 radical (unpaired) electrons. The molecule has 2 N–H and O–H groups in total. The molecular formula is C8H6BrClNO4P. The van der Waals surface area contributed by atoms with E-state index in [1.54, 1.807) is 18.2 Å². The van der Waals surface area contributed by atoms with Crippen LogP contribution in [-0.2, 0) is 4.57 Å². The maximum absolute atomic E-state index is 10.7. The van der Waals surface area contributed by atoms with Gasteiger partial charge in [-0.2, -0.15) is 0 Å². The molecule has 0 bridgehead atoms. The minimum atomic E-state index is -4.61. The summed E-state index contributed by atoms with van der Waals surface area (Å²) >= 11 is 9.17. The molecule has 0 fully saturated rings. The van der Waals surface area contributed by atoms with Crippen LogP contribution in [0.4, 0.5) is 0 Å². The number of hydrogen-bond acceptors (Lipinski definition) is 2. The molecule has 2 rings (SSSR count). The zero-order valence-corrected chi connectivity index (χ0v) is 10.9. The summed E-state index contributed by atoms with van der Waals surface area (Å²) in [6.45, 7) is 0. The summed E-state index contributed by atoms with van der Waals surface area (Å²) in [6.07, 6.45) is 0. The molecule has 1 aromatic carbocycles. The molecule has 1 heterocycles. The first-order chi connectivity index (χ1) is 7.38. The van der Waals surface area contributed by atoms with Crippen molar-refractivity contribution in [2.75, 3.05) is 0 Å². The van der Waals surface area contributed by atoms with E-state index in [-0.39, 0.29) is 5.88 Å². The molecule has 0 aliphatic carbocycles. The molecular weight excluding hydrogens is 320 g/mol. The Morgan fingerprint density at radius 2 is 2.12 bits per heavy atom. The first-order valence-corrected chi connectivity index (χ1v) is 6.76. The van der Waals surface area contributed by atoms with Gasteiger partial charge >= 0.3 is 7.82 Å². The van der Waals surface area contributed by atoms with E-state index in [1.165, 1.54) is 6.07 Å².